The van der Waals surface area contributed by atoms with Crippen molar-refractivity contribution in [1.29, 1.82) is 0 Å². The minimum absolute atomic E-state index is 0.0779. The highest BCUT2D eigenvalue weighted by Gasteiger charge is 2.11. The van der Waals surface area contributed by atoms with Crippen LogP contribution in [0.2, 0.25) is 0 Å². The van der Waals surface area contributed by atoms with E-state index in [9.17, 15) is 0 Å². The molecule has 102 valence electrons. The van der Waals surface area contributed by atoms with Crippen LogP contribution in [0, 0.1) is 0 Å². The molecule has 19 heavy (non-hydrogen) atoms. The van der Waals surface area contributed by atoms with Gasteiger partial charge in [0.2, 0.25) is 11.7 Å². The third kappa shape index (κ3) is 3.54. The van der Waals surface area contributed by atoms with Gasteiger partial charge in [0.1, 0.15) is 5.75 Å². The molecule has 0 amide bonds. The summed E-state index contributed by atoms with van der Waals surface area (Å²) >= 11 is 0. The molecule has 0 fully saturated rings. The van der Waals surface area contributed by atoms with Crippen molar-refractivity contribution in [2.24, 2.45) is 5.73 Å². The summed E-state index contributed by atoms with van der Waals surface area (Å²) < 4.78 is 10.3. The summed E-state index contributed by atoms with van der Waals surface area (Å²) in [4.78, 5) is 4.36. The molecule has 1 aromatic heterocycles. The Balaban J connectivity index is 2.07. The number of benzene rings is 1. The lowest BCUT2D eigenvalue weighted by atomic mass is 10.1. The minimum atomic E-state index is 0.0779. The molecule has 1 aromatic carbocycles. The van der Waals surface area contributed by atoms with Crippen molar-refractivity contribution in [3.05, 3.63) is 30.2 Å². The minimum Gasteiger partial charge on any atom is -0.497 e. The van der Waals surface area contributed by atoms with Crippen LogP contribution in [-0.2, 0) is 6.42 Å². The largest absolute Gasteiger partial charge is 0.497 e. The van der Waals surface area contributed by atoms with Gasteiger partial charge in [-0.1, -0.05) is 18.5 Å². The van der Waals surface area contributed by atoms with Gasteiger partial charge in [-0.15, -0.1) is 0 Å². The fourth-order valence-electron chi connectivity index (χ4n) is 1.89. The van der Waals surface area contributed by atoms with Gasteiger partial charge < -0.3 is 15.0 Å². The fraction of sp³-hybridized carbons (Fsp3) is 0.429. The lowest BCUT2D eigenvalue weighted by Gasteiger charge is -2.05. The Morgan fingerprint density at radius 1 is 1.32 bits per heavy atom. The summed E-state index contributed by atoms with van der Waals surface area (Å²) in [6.07, 6.45) is 2.64. The van der Waals surface area contributed by atoms with Crippen LogP contribution >= 0.6 is 0 Å². The number of nitrogens with zero attached hydrogens (tertiary/aromatic N) is 2. The van der Waals surface area contributed by atoms with Crippen LogP contribution in [0.5, 0.6) is 5.75 Å². The van der Waals surface area contributed by atoms with E-state index in [0.717, 1.165) is 24.2 Å². The van der Waals surface area contributed by atoms with Gasteiger partial charge in [-0.2, -0.15) is 4.98 Å². The third-order valence-electron chi connectivity index (χ3n) is 2.91. The van der Waals surface area contributed by atoms with Crippen LogP contribution in [0.25, 0.3) is 11.4 Å². The third-order valence-corrected chi connectivity index (χ3v) is 2.91. The Kier molecular flexibility index (Phi) is 4.52. The van der Waals surface area contributed by atoms with Crippen LogP contribution in [0.15, 0.2) is 28.8 Å². The van der Waals surface area contributed by atoms with Gasteiger partial charge in [-0.3, -0.25) is 0 Å². The molecular formula is C14H19N3O2. The van der Waals surface area contributed by atoms with Gasteiger partial charge in [0.25, 0.3) is 0 Å². The molecule has 2 aromatic rings. The average Bonchev–Trinajstić information content (AvgIpc) is 2.87. The molecule has 0 bridgehead atoms. The molecule has 1 atom stereocenters. The molecule has 0 aliphatic carbocycles. The molecule has 0 aliphatic heterocycles. The smallest absolute Gasteiger partial charge is 0.228 e. The summed E-state index contributed by atoms with van der Waals surface area (Å²) in [5.74, 6) is 1.98. The summed E-state index contributed by atoms with van der Waals surface area (Å²) in [6, 6.07) is 7.62. The Morgan fingerprint density at radius 3 is 2.68 bits per heavy atom. The molecule has 0 aliphatic rings. The van der Waals surface area contributed by atoms with Crippen LogP contribution in [0.1, 0.15) is 25.7 Å². The van der Waals surface area contributed by atoms with Gasteiger partial charge in [-0.05, 0) is 30.7 Å². The fourth-order valence-corrected chi connectivity index (χ4v) is 1.89. The first-order valence-electron chi connectivity index (χ1n) is 6.45. The second kappa shape index (κ2) is 6.33. The number of ether oxygens (including phenoxy) is 1. The molecule has 2 N–H and O–H groups in total. The van der Waals surface area contributed by atoms with Crippen molar-refractivity contribution in [3.8, 4) is 17.1 Å². The van der Waals surface area contributed by atoms with Crippen molar-refractivity contribution < 1.29 is 9.26 Å². The van der Waals surface area contributed by atoms with E-state index in [1.54, 1.807) is 7.11 Å². The van der Waals surface area contributed by atoms with Crippen LogP contribution in [-0.4, -0.2) is 23.3 Å². The number of nitrogens with two attached hydrogens (primary N) is 1. The molecule has 1 heterocycles. The zero-order valence-electron chi connectivity index (χ0n) is 11.3. The SMILES string of the molecule is CCCC(N)Cc1nc(-c2ccc(OC)cc2)no1. The summed E-state index contributed by atoms with van der Waals surface area (Å²) in [6.45, 7) is 2.11. The lowest BCUT2D eigenvalue weighted by Crippen LogP contribution is -2.22. The first-order valence-corrected chi connectivity index (χ1v) is 6.45. The highest BCUT2D eigenvalue weighted by molar-refractivity contribution is 5.55. The van der Waals surface area contributed by atoms with E-state index < -0.39 is 0 Å². The van der Waals surface area contributed by atoms with E-state index in [4.69, 9.17) is 15.0 Å². The van der Waals surface area contributed by atoms with Gasteiger partial charge in [0.05, 0.1) is 7.11 Å². The zero-order chi connectivity index (χ0) is 13.7. The summed E-state index contributed by atoms with van der Waals surface area (Å²) in [7, 11) is 1.64. The number of hydrogen-bond donors (Lipinski definition) is 1. The zero-order valence-corrected chi connectivity index (χ0v) is 11.3. The molecule has 5 nitrogen and oxygen atoms in total. The summed E-state index contributed by atoms with van der Waals surface area (Å²) in [5, 5.41) is 3.97. The average molecular weight is 261 g/mol. The second-order valence-electron chi connectivity index (χ2n) is 4.49. The highest BCUT2D eigenvalue weighted by Crippen LogP contribution is 2.20. The van der Waals surface area contributed by atoms with Crippen LogP contribution in [0.3, 0.4) is 0 Å². The predicted molar refractivity (Wildman–Crippen MR) is 72.9 cm³/mol. The molecule has 0 spiro atoms. The van der Waals surface area contributed by atoms with Crippen molar-refractivity contribution >= 4 is 0 Å². The van der Waals surface area contributed by atoms with E-state index in [1.165, 1.54) is 0 Å². The molecular weight excluding hydrogens is 242 g/mol. The Morgan fingerprint density at radius 2 is 2.05 bits per heavy atom. The number of methoxy groups -OCH3 is 1. The number of hydrogen-bond acceptors (Lipinski definition) is 5. The molecule has 0 saturated heterocycles. The number of aromatic nitrogens is 2. The normalized spacial score (nSPS) is 12.4. The topological polar surface area (TPSA) is 74.2 Å². The Bertz CT molecular complexity index is 508. The maximum absolute atomic E-state index is 5.96. The van der Waals surface area contributed by atoms with Gasteiger partial charge in [0, 0.05) is 18.0 Å². The summed E-state index contributed by atoms with van der Waals surface area (Å²) in [5.41, 5.74) is 6.86. The molecule has 0 radical (unpaired) electrons. The number of rotatable bonds is 6. The van der Waals surface area contributed by atoms with Crippen molar-refractivity contribution in [3.63, 3.8) is 0 Å². The maximum Gasteiger partial charge on any atom is 0.228 e. The van der Waals surface area contributed by atoms with Gasteiger partial charge >= 0.3 is 0 Å². The van der Waals surface area contributed by atoms with Gasteiger partial charge in [0.15, 0.2) is 0 Å². The van der Waals surface area contributed by atoms with E-state index in [2.05, 4.69) is 17.1 Å². The van der Waals surface area contributed by atoms with E-state index in [-0.39, 0.29) is 6.04 Å². The first-order chi connectivity index (χ1) is 9.22. The standard InChI is InChI=1S/C14H19N3O2/c1-3-4-11(15)9-13-16-14(17-19-13)10-5-7-12(18-2)8-6-10/h5-8,11H,3-4,9,15H2,1-2H3. The lowest BCUT2D eigenvalue weighted by molar-refractivity contribution is 0.366. The quantitative estimate of drug-likeness (QED) is 0.864. The van der Waals surface area contributed by atoms with Crippen molar-refractivity contribution in [2.75, 3.05) is 7.11 Å². The van der Waals surface area contributed by atoms with E-state index in [0.29, 0.717) is 18.1 Å². The van der Waals surface area contributed by atoms with E-state index in [1.807, 2.05) is 24.3 Å². The molecule has 0 saturated carbocycles. The Hall–Kier alpha value is -1.88. The van der Waals surface area contributed by atoms with Gasteiger partial charge in [-0.25, -0.2) is 0 Å². The molecule has 1 unspecified atom stereocenters. The van der Waals surface area contributed by atoms with Crippen LogP contribution in [0.4, 0.5) is 0 Å². The molecule has 5 heteroatoms. The predicted octanol–water partition coefficient (Wildman–Crippen LogP) is 2.42. The first kappa shape index (κ1) is 13.5. The molecule has 2 rings (SSSR count). The maximum atomic E-state index is 5.96. The van der Waals surface area contributed by atoms with Crippen LogP contribution < -0.4 is 10.5 Å². The Labute approximate surface area is 112 Å². The van der Waals surface area contributed by atoms with Crippen molar-refractivity contribution in [1.82, 2.24) is 10.1 Å². The van der Waals surface area contributed by atoms with Crippen molar-refractivity contribution in [2.45, 2.75) is 32.2 Å². The monoisotopic (exact) mass is 261 g/mol. The highest BCUT2D eigenvalue weighted by atomic mass is 16.5. The second-order valence-corrected chi connectivity index (χ2v) is 4.49. The van der Waals surface area contributed by atoms with E-state index >= 15 is 0 Å².